The average molecular weight is 681 g/mol. The van der Waals surface area contributed by atoms with E-state index in [9.17, 15) is 14.4 Å². The van der Waals surface area contributed by atoms with Gasteiger partial charge < -0.3 is 14.2 Å². The summed E-state index contributed by atoms with van der Waals surface area (Å²) < 4.78 is 16.7. The van der Waals surface area contributed by atoms with Crippen molar-refractivity contribution in [2.24, 2.45) is 0 Å². The minimum absolute atomic E-state index is 0.0922. The minimum Gasteiger partial charge on any atom is -0.459 e. The van der Waals surface area contributed by atoms with E-state index < -0.39 is 5.97 Å². The van der Waals surface area contributed by atoms with Crippen molar-refractivity contribution in [1.29, 1.82) is 0 Å². The molecule has 3 aromatic rings. The number of unbranched alkanes of at least 4 members (excludes halogenated alkanes) is 12. The second-order valence-corrected chi connectivity index (χ2v) is 13.0. The third-order valence-electron chi connectivity index (χ3n) is 8.70. The van der Waals surface area contributed by atoms with Gasteiger partial charge in [-0.2, -0.15) is 0 Å². The standard InChI is InChI=1S/C44H56O6/c1-4-7-9-11-12-13-14-15-16-18-20-42(45)48-40-31-25-36(26-32-40)22-21-35-23-27-37(28-24-35)44(47)50-41-33-29-38(30-34-41)43(46)49-39(6-3)19-17-10-8-5-2/h23-34,39H,4-20H2,1-3H3/t39-/m0/s1. The van der Waals surface area contributed by atoms with Crippen molar-refractivity contribution in [3.05, 3.63) is 95.1 Å². The van der Waals surface area contributed by atoms with Crippen molar-refractivity contribution < 1.29 is 28.6 Å². The summed E-state index contributed by atoms with van der Waals surface area (Å²) in [6, 6.07) is 20.4. The molecule has 0 bridgehead atoms. The van der Waals surface area contributed by atoms with Gasteiger partial charge in [-0.15, -0.1) is 0 Å². The Morgan fingerprint density at radius 2 is 0.960 bits per heavy atom. The van der Waals surface area contributed by atoms with E-state index in [0.717, 1.165) is 49.7 Å². The van der Waals surface area contributed by atoms with E-state index in [1.54, 1.807) is 60.7 Å². The van der Waals surface area contributed by atoms with Crippen LogP contribution in [0.5, 0.6) is 11.5 Å². The molecule has 6 heteroatoms. The van der Waals surface area contributed by atoms with Crippen LogP contribution in [0.1, 0.15) is 162 Å². The number of ether oxygens (including phenoxy) is 3. The van der Waals surface area contributed by atoms with Gasteiger partial charge in [-0.05, 0) is 98.5 Å². The summed E-state index contributed by atoms with van der Waals surface area (Å²) in [5, 5.41) is 0. The highest BCUT2D eigenvalue weighted by molar-refractivity contribution is 5.92. The van der Waals surface area contributed by atoms with Gasteiger partial charge in [0.05, 0.1) is 11.1 Å². The summed E-state index contributed by atoms with van der Waals surface area (Å²) in [5.74, 6) is 5.99. The number of hydrogen-bond donors (Lipinski definition) is 0. The molecule has 50 heavy (non-hydrogen) atoms. The maximum absolute atomic E-state index is 12.7. The molecule has 0 saturated heterocycles. The highest BCUT2D eigenvalue weighted by atomic mass is 16.5. The van der Waals surface area contributed by atoms with Crippen molar-refractivity contribution in [3.63, 3.8) is 0 Å². The first-order chi connectivity index (χ1) is 24.4. The lowest BCUT2D eigenvalue weighted by molar-refractivity contribution is -0.134. The maximum atomic E-state index is 12.7. The summed E-state index contributed by atoms with van der Waals surface area (Å²) in [6.07, 6.45) is 18.8. The average Bonchev–Trinajstić information content (AvgIpc) is 3.13. The number of rotatable bonds is 22. The summed E-state index contributed by atoms with van der Waals surface area (Å²) in [7, 11) is 0. The van der Waals surface area contributed by atoms with Gasteiger partial charge in [-0.1, -0.05) is 110 Å². The van der Waals surface area contributed by atoms with E-state index in [1.807, 2.05) is 19.1 Å². The fraction of sp³-hybridized carbons (Fsp3) is 0.477. The molecule has 0 fully saturated rings. The van der Waals surface area contributed by atoms with Crippen LogP contribution >= 0.6 is 0 Å². The first-order valence-corrected chi connectivity index (χ1v) is 18.9. The summed E-state index contributed by atoms with van der Waals surface area (Å²) in [5.41, 5.74) is 2.34. The Kier molecular flexibility index (Phi) is 19.1. The van der Waals surface area contributed by atoms with Gasteiger partial charge in [0.15, 0.2) is 0 Å². The van der Waals surface area contributed by atoms with Crippen LogP contribution in [0, 0.1) is 11.8 Å². The Morgan fingerprint density at radius 1 is 0.520 bits per heavy atom. The molecule has 0 aliphatic carbocycles. The zero-order valence-corrected chi connectivity index (χ0v) is 30.5. The second kappa shape index (κ2) is 23.9. The molecule has 0 saturated carbocycles. The zero-order valence-electron chi connectivity index (χ0n) is 30.5. The van der Waals surface area contributed by atoms with E-state index in [4.69, 9.17) is 14.2 Å². The maximum Gasteiger partial charge on any atom is 0.343 e. The van der Waals surface area contributed by atoms with Crippen molar-refractivity contribution >= 4 is 17.9 Å². The molecule has 0 aliphatic heterocycles. The third kappa shape index (κ3) is 15.9. The van der Waals surface area contributed by atoms with Crippen LogP contribution in [0.4, 0.5) is 0 Å². The van der Waals surface area contributed by atoms with Crippen LogP contribution in [0.3, 0.4) is 0 Å². The molecule has 0 unspecified atom stereocenters. The zero-order chi connectivity index (χ0) is 35.8. The summed E-state index contributed by atoms with van der Waals surface area (Å²) in [4.78, 5) is 37.6. The number of carbonyl (C=O) groups excluding carboxylic acids is 3. The number of esters is 3. The third-order valence-corrected chi connectivity index (χ3v) is 8.70. The Morgan fingerprint density at radius 3 is 1.52 bits per heavy atom. The Bertz CT molecular complexity index is 1480. The SMILES string of the molecule is CCCCCCCCCCCCC(=O)Oc1ccc(C#Cc2ccc(C(=O)Oc3ccc(C(=O)O[C@@H](CC)CCCCCC)cc3)cc2)cc1. The summed E-state index contributed by atoms with van der Waals surface area (Å²) >= 11 is 0. The van der Waals surface area contributed by atoms with Crippen molar-refractivity contribution in [2.45, 2.75) is 136 Å². The number of benzene rings is 3. The largest absolute Gasteiger partial charge is 0.459 e. The first kappa shape index (κ1) is 40.1. The molecule has 268 valence electrons. The van der Waals surface area contributed by atoms with Gasteiger partial charge in [0.25, 0.3) is 0 Å². The highest BCUT2D eigenvalue weighted by Crippen LogP contribution is 2.19. The summed E-state index contributed by atoms with van der Waals surface area (Å²) in [6.45, 7) is 6.44. The van der Waals surface area contributed by atoms with E-state index in [2.05, 4.69) is 25.7 Å². The molecule has 3 rings (SSSR count). The fourth-order valence-electron chi connectivity index (χ4n) is 5.57. The van der Waals surface area contributed by atoms with Gasteiger partial charge in [-0.25, -0.2) is 9.59 Å². The van der Waals surface area contributed by atoms with Crippen molar-refractivity contribution in [1.82, 2.24) is 0 Å². The molecule has 3 aromatic carbocycles. The molecule has 0 radical (unpaired) electrons. The van der Waals surface area contributed by atoms with Gasteiger partial charge >= 0.3 is 17.9 Å². The molecule has 0 heterocycles. The van der Waals surface area contributed by atoms with Gasteiger partial charge in [0.2, 0.25) is 0 Å². The van der Waals surface area contributed by atoms with E-state index >= 15 is 0 Å². The predicted octanol–water partition coefficient (Wildman–Crippen LogP) is 11.4. The van der Waals surface area contributed by atoms with Crippen molar-refractivity contribution in [3.8, 4) is 23.3 Å². The van der Waals surface area contributed by atoms with Crippen LogP contribution < -0.4 is 9.47 Å². The molecule has 1 atom stereocenters. The van der Waals surface area contributed by atoms with E-state index in [-0.39, 0.29) is 18.0 Å². The molecule has 0 N–H and O–H groups in total. The quantitative estimate of drug-likeness (QED) is 0.0455. The van der Waals surface area contributed by atoms with Crippen LogP contribution in [-0.4, -0.2) is 24.0 Å². The van der Waals surface area contributed by atoms with E-state index in [1.165, 1.54) is 64.2 Å². The number of hydrogen-bond acceptors (Lipinski definition) is 6. The van der Waals surface area contributed by atoms with Crippen LogP contribution in [0.2, 0.25) is 0 Å². The topological polar surface area (TPSA) is 78.9 Å². The molecule has 6 nitrogen and oxygen atoms in total. The lowest BCUT2D eigenvalue weighted by atomic mass is 10.1. The van der Waals surface area contributed by atoms with Crippen molar-refractivity contribution in [2.75, 3.05) is 0 Å². The molecular weight excluding hydrogens is 624 g/mol. The Balaban J connectivity index is 1.38. The molecule has 0 aromatic heterocycles. The normalized spacial score (nSPS) is 11.3. The van der Waals surface area contributed by atoms with Gasteiger partial charge in [-0.3, -0.25) is 4.79 Å². The van der Waals surface area contributed by atoms with Gasteiger partial charge in [0, 0.05) is 17.5 Å². The monoisotopic (exact) mass is 680 g/mol. The van der Waals surface area contributed by atoms with Crippen LogP contribution in [-0.2, 0) is 9.53 Å². The van der Waals surface area contributed by atoms with E-state index in [0.29, 0.717) is 29.0 Å². The molecule has 0 spiro atoms. The highest BCUT2D eigenvalue weighted by Gasteiger charge is 2.15. The smallest absolute Gasteiger partial charge is 0.343 e. The first-order valence-electron chi connectivity index (χ1n) is 18.9. The fourth-order valence-corrected chi connectivity index (χ4v) is 5.57. The Labute approximate surface area is 300 Å². The molecular formula is C44H56O6. The Hall–Kier alpha value is -4.37. The lowest BCUT2D eigenvalue weighted by Crippen LogP contribution is -2.17. The van der Waals surface area contributed by atoms with Gasteiger partial charge in [0.1, 0.15) is 17.6 Å². The second-order valence-electron chi connectivity index (χ2n) is 13.0. The lowest BCUT2D eigenvalue weighted by Gasteiger charge is -2.16. The molecule has 0 amide bonds. The minimum atomic E-state index is -0.503. The predicted molar refractivity (Wildman–Crippen MR) is 201 cm³/mol. The number of carbonyl (C=O) groups is 3. The van der Waals surface area contributed by atoms with Crippen LogP contribution in [0.25, 0.3) is 0 Å². The molecule has 0 aliphatic rings. The van der Waals surface area contributed by atoms with Crippen LogP contribution in [0.15, 0.2) is 72.8 Å².